The van der Waals surface area contributed by atoms with Crippen LogP contribution in [-0.2, 0) is 5.41 Å². The maximum absolute atomic E-state index is 6.19. The van der Waals surface area contributed by atoms with E-state index < -0.39 is 0 Å². The maximum atomic E-state index is 6.19. The van der Waals surface area contributed by atoms with Crippen LogP contribution in [0.15, 0.2) is 41.8 Å². The van der Waals surface area contributed by atoms with Gasteiger partial charge in [-0.25, -0.2) is 0 Å². The highest BCUT2D eigenvalue weighted by Gasteiger charge is 2.28. The second-order valence-corrected chi connectivity index (χ2v) is 10.6. The lowest BCUT2D eigenvalue weighted by molar-refractivity contribution is 0.243. The van der Waals surface area contributed by atoms with Gasteiger partial charge in [0.25, 0.3) is 0 Å². The lowest BCUT2D eigenvalue weighted by Crippen LogP contribution is -2.13. The highest BCUT2D eigenvalue weighted by Crippen LogP contribution is 2.39. The zero-order valence-electron chi connectivity index (χ0n) is 17.7. The van der Waals surface area contributed by atoms with Gasteiger partial charge < -0.3 is 4.74 Å². The smallest absolute Gasteiger partial charge is 0.119 e. The first kappa shape index (κ1) is 20.5. The SMILES string of the molecule is CC(CC1CCC(COc2cccc(C(C)(C)C)c2)C1)C(C)c1cccs1. The van der Waals surface area contributed by atoms with Crippen LogP contribution in [0.3, 0.4) is 0 Å². The van der Waals surface area contributed by atoms with E-state index in [0.29, 0.717) is 5.92 Å². The molecule has 4 unspecified atom stereocenters. The van der Waals surface area contributed by atoms with E-state index in [1.165, 1.54) is 31.2 Å². The van der Waals surface area contributed by atoms with E-state index in [1.54, 1.807) is 4.88 Å². The second-order valence-electron chi connectivity index (χ2n) is 9.65. The van der Waals surface area contributed by atoms with E-state index in [-0.39, 0.29) is 5.41 Å². The molecule has 2 heteroatoms. The van der Waals surface area contributed by atoms with Crippen LogP contribution in [0.25, 0.3) is 0 Å². The largest absolute Gasteiger partial charge is 0.493 e. The highest BCUT2D eigenvalue weighted by atomic mass is 32.1. The quantitative estimate of drug-likeness (QED) is 0.476. The Morgan fingerprint density at radius 3 is 2.56 bits per heavy atom. The fraction of sp³-hybridized carbons (Fsp3) is 0.600. The van der Waals surface area contributed by atoms with Crippen LogP contribution >= 0.6 is 11.3 Å². The van der Waals surface area contributed by atoms with Gasteiger partial charge in [0.2, 0.25) is 0 Å². The molecule has 2 aromatic rings. The Morgan fingerprint density at radius 1 is 1.07 bits per heavy atom. The zero-order chi connectivity index (χ0) is 19.4. The number of hydrogen-bond acceptors (Lipinski definition) is 2. The minimum Gasteiger partial charge on any atom is -0.493 e. The number of benzene rings is 1. The summed E-state index contributed by atoms with van der Waals surface area (Å²) in [6.45, 7) is 12.5. The van der Waals surface area contributed by atoms with E-state index in [9.17, 15) is 0 Å². The van der Waals surface area contributed by atoms with Crippen molar-refractivity contribution in [2.75, 3.05) is 6.61 Å². The van der Waals surface area contributed by atoms with Gasteiger partial charge in [-0.05, 0) is 77.5 Å². The van der Waals surface area contributed by atoms with Crippen molar-refractivity contribution >= 4 is 11.3 Å². The Morgan fingerprint density at radius 2 is 1.85 bits per heavy atom. The van der Waals surface area contributed by atoms with E-state index in [4.69, 9.17) is 4.74 Å². The molecule has 1 aromatic heterocycles. The van der Waals surface area contributed by atoms with Gasteiger partial charge in [0.15, 0.2) is 0 Å². The molecule has 1 aliphatic rings. The molecular weight excluding hydrogens is 348 g/mol. The van der Waals surface area contributed by atoms with Gasteiger partial charge >= 0.3 is 0 Å². The summed E-state index contributed by atoms with van der Waals surface area (Å²) in [5.41, 5.74) is 1.52. The number of hydrogen-bond donors (Lipinski definition) is 0. The molecule has 0 spiro atoms. The summed E-state index contributed by atoms with van der Waals surface area (Å²) in [5, 5.41) is 2.20. The average molecular weight is 385 g/mol. The Bertz CT molecular complexity index is 697. The summed E-state index contributed by atoms with van der Waals surface area (Å²) in [7, 11) is 0. The highest BCUT2D eigenvalue weighted by molar-refractivity contribution is 7.10. The van der Waals surface area contributed by atoms with Crippen molar-refractivity contribution in [1.82, 2.24) is 0 Å². The van der Waals surface area contributed by atoms with Crippen molar-refractivity contribution < 1.29 is 4.74 Å². The Labute approximate surface area is 170 Å². The summed E-state index contributed by atoms with van der Waals surface area (Å²) in [6, 6.07) is 13.1. The van der Waals surface area contributed by atoms with Crippen molar-refractivity contribution in [3.8, 4) is 5.75 Å². The lowest BCUT2D eigenvalue weighted by atomic mass is 9.85. The second kappa shape index (κ2) is 8.82. The molecule has 0 aliphatic heterocycles. The topological polar surface area (TPSA) is 9.23 Å². The lowest BCUT2D eigenvalue weighted by Gasteiger charge is -2.22. The van der Waals surface area contributed by atoms with Gasteiger partial charge in [-0.2, -0.15) is 0 Å². The van der Waals surface area contributed by atoms with Crippen LogP contribution in [0.2, 0.25) is 0 Å². The van der Waals surface area contributed by atoms with Crippen LogP contribution in [0.1, 0.15) is 76.7 Å². The van der Waals surface area contributed by atoms with Crippen molar-refractivity contribution in [3.63, 3.8) is 0 Å². The zero-order valence-corrected chi connectivity index (χ0v) is 18.5. The first-order valence-corrected chi connectivity index (χ1v) is 11.5. The van der Waals surface area contributed by atoms with Gasteiger partial charge in [0.1, 0.15) is 5.75 Å². The monoisotopic (exact) mass is 384 g/mol. The average Bonchev–Trinajstić information content (AvgIpc) is 3.31. The predicted molar refractivity (Wildman–Crippen MR) is 118 cm³/mol. The molecule has 27 heavy (non-hydrogen) atoms. The molecule has 148 valence electrons. The summed E-state index contributed by atoms with van der Waals surface area (Å²) < 4.78 is 6.19. The van der Waals surface area contributed by atoms with Crippen LogP contribution in [0.5, 0.6) is 5.75 Å². The van der Waals surface area contributed by atoms with Crippen molar-refractivity contribution in [2.24, 2.45) is 17.8 Å². The van der Waals surface area contributed by atoms with Gasteiger partial charge in [-0.15, -0.1) is 11.3 Å². The van der Waals surface area contributed by atoms with Crippen molar-refractivity contribution in [1.29, 1.82) is 0 Å². The van der Waals surface area contributed by atoms with Crippen LogP contribution in [0.4, 0.5) is 0 Å². The summed E-state index contributed by atoms with van der Waals surface area (Å²) in [5.74, 6) is 4.07. The third kappa shape index (κ3) is 5.60. The summed E-state index contributed by atoms with van der Waals surface area (Å²) >= 11 is 1.91. The molecule has 1 aromatic carbocycles. The molecule has 1 nitrogen and oxygen atoms in total. The molecule has 0 N–H and O–H groups in total. The first-order chi connectivity index (χ1) is 12.8. The third-order valence-corrected chi connectivity index (χ3v) is 7.46. The summed E-state index contributed by atoms with van der Waals surface area (Å²) in [6.07, 6.45) is 5.39. The number of ether oxygens (including phenoxy) is 1. The van der Waals surface area contributed by atoms with Crippen LogP contribution < -0.4 is 4.74 Å². The first-order valence-electron chi connectivity index (χ1n) is 10.6. The molecule has 1 heterocycles. The van der Waals surface area contributed by atoms with Gasteiger partial charge in [-0.3, -0.25) is 0 Å². The van der Waals surface area contributed by atoms with E-state index in [0.717, 1.165) is 30.1 Å². The minimum absolute atomic E-state index is 0.174. The molecule has 3 rings (SSSR count). The fourth-order valence-corrected chi connectivity index (χ4v) is 5.29. The third-order valence-electron chi connectivity index (χ3n) is 6.39. The maximum Gasteiger partial charge on any atom is 0.119 e. The molecule has 1 fully saturated rings. The van der Waals surface area contributed by atoms with Crippen molar-refractivity contribution in [3.05, 3.63) is 52.2 Å². The molecule has 0 radical (unpaired) electrons. The minimum atomic E-state index is 0.174. The Kier molecular flexibility index (Phi) is 6.68. The van der Waals surface area contributed by atoms with E-state index >= 15 is 0 Å². The normalized spacial score (nSPS) is 22.6. The predicted octanol–water partition coefficient (Wildman–Crippen LogP) is 7.67. The van der Waals surface area contributed by atoms with Gasteiger partial charge in [-0.1, -0.05) is 59.2 Å². The molecule has 0 saturated heterocycles. The molecule has 1 aliphatic carbocycles. The van der Waals surface area contributed by atoms with Crippen molar-refractivity contribution in [2.45, 2.75) is 71.6 Å². The Hall–Kier alpha value is -1.28. The summed E-state index contributed by atoms with van der Waals surface area (Å²) in [4.78, 5) is 1.54. The fourth-order valence-electron chi connectivity index (χ4n) is 4.37. The van der Waals surface area contributed by atoms with Gasteiger partial charge in [0.05, 0.1) is 6.61 Å². The van der Waals surface area contributed by atoms with Gasteiger partial charge in [0, 0.05) is 4.88 Å². The standard InChI is InChI=1S/C25H36OS/c1-18(19(2)24-10-7-13-27-24)14-20-11-12-21(15-20)17-26-23-9-6-8-22(16-23)25(3,4)5/h6-10,13,16,18-21H,11-12,14-15,17H2,1-5H3. The van der Waals surface area contributed by atoms with E-state index in [1.807, 2.05) is 11.3 Å². The van der Waals surface area contributed by atoms with Crippen LogP contribution in [-0.4, -0.2) is 6.61 Å². The number of thiophene rings is 1. The van der Waals surface area contributed by atoms with Crippen LogP contribution in [0, 0.1) is 17.8 Å². The molecule has 0 bridgehead atoms. The number of rotatable bonds is 7. The molecule has 1 saturated carbocycles. The molecular formula is C25H36OS. The Balaban J connectivity index is 1.46. The molecule has 0 amide bonds. The van der Waals surface area contributed by atoms with E-state index in [2.05, 4.69) is 76.4 Å². The molecule has 4 atom stereocenters.